The Hall–Kier alpha value is -2.91. The van der Waals surface area contributed by atoms with Gasteiger partial charge in [0.05, 0.1) is 5.56 Å². The van der Waals surface area contributed by atoms with E-state index < -0.39 is 17.5 Å². The number of rotatable bonds is 7. The van der Waals surface area contributed by atoms with E-state index in [2.05, 4.69) is 10.9 Å². The van der Waals surface area contributed by atoms with Crippen molar-refractivity contribution in [3.8, 4) is 0 Å². The molecule has 2 saturated heterocycles. The molecule has 0 aromatic heterocycles. The van der Waals surface area contributed by atoms with E-state index in [0.29, 0.717) is 38.5 Å². The Morgan fingerprint density at radius 2 is 1.77 bits per heavy atom. The van der Waals surface area contributed by atoms with Gasteiger partial charge in [0.2, 0.25) is 5.91 Å². The monoisotopic (exact) mass is 488 g/mol. The van der Waals surface area contributed by atoms with Crippen LogP contribution < -0.4 is 10.9 Å². The minimum Gasteiger partial charge on any atom is -0.346 e. The first kappa shape index (κ1) is 25.2. The first-order valence-electron chi connectivity index (χ1n) is 12.1. The number of hydrogen-bond donors (Lipinski definition) is 2. The second-order valence-corrected chi connectivity index (χ2v) is 9.42. The second-order valence-electron chi connectivity index (χ2n) is 9.42. The van der Waals surface area contributed by atoms with Crippen LogP contribution in [-0.4, -0.2) is 54.3 Å². The molecule has 2 atom stereocenters. The highest BCUT2D eigenvalue weighted by molar-refractivity contribution is 5.94. The SMILES string of the molecule is CN(CCCC1CC(c2cccc(F)c2)NN1)C(=O)C1CCN(C(=O)c2ccc(F)cc2F)CC1. The minimum absolute atomic E-state index is 0.0557. The zero-order chi connectivity index (χ0) is 24.9. The molecular weight excluding hydrogens is 457 g/mol. The van der Waals surface area contributed by atoms with Crippen molar-refractivity contribution in [2.24, 2.45) is 5.92 Å². The van der Waals surface area contributed by atoms with Crippen LogP contribution in [0.2, 0.25) is 0 Å². The van der Waals surface area contributed by atoms with Gasteiger partial charge in [-0.1, -0.05) is 12.1 Å². The first-order chi connectivity index (χ1) is 16.8. The number of carbonyl (C=O) groups excluding carboxylic acids is 2. The number of nitrogens with one attached hydrogen (secondary N) is 2. The van der Waals surface area contributed by atoms with E-state index in [-0.39, 0.29) is 35.3 Å². The van der Waals surface area contributed by atoms with Gasteiger partial charge in [0.25, 0.3) is 5.91 Å². The maximum absolute atomic E-state index is 13.9. The predicted molar refractivity (Wildman–Crippen MR) is 126 cm³/mol. The largest absolute Gasteiger partial charge is 0.346 e. The van der Waals surface area contributed by atoms with Gasteiger partial charge in [-0.15, -0.1) is 0 Å². The van der Waals surface area contributed by atoms with Crippen molar-refractivity contribution in [2.45, 2.75) is 44.2 Å². The third-order valence-corrected chi connectivity index (χ3v) is 6.95. The third kappa shape index (κ3) is 6.21. The van der Waals surface area contributed by atoms with E-state index in [9.17, 15) is 22.8 Å². The lowest BCUT2D eigenvalue weighted by Gasteiger charge is -2.33. The molecule has 2 N–H and O–H groups in total. The van der Waals surface area contributed by atoms with Crippen LogP contribution in [-0.2, 0) is 4.79 Å². The number of benzene rings is 2. The van der Waals surface area contributed by atoms with Crippen molar-refractivity contribution >= 4 is 11.8 Å². The van der Waals surface area contributed by atoms with Crippen molar-refractivity contribution in [1.82, 2.24) is 20.7 Å². The van der Waals surface area contributed by atoms with Crippen LogP contribution in [0.3, 0.4) is 0 Å². The zero-order valence-electron chi connectivity index (χ0n) is 19.8. The number of amides is 2. The average molecular weight is 489 g/mol. The number of nitrogens with zero attached hydrogens (tertiary/aromatic N) is 2. The van der Waals surface area contributed by atoms with Crippen LogP contribution in [0.15, 0.2) is 42.5 Å². The second kappa shape index (κ2) is 11.2. The molecule has 6 nitrogen and oxygen atoms in total. The Kier molecular flexibility index (Phi) is 8.07. The third-order valence-electron chi connectivity index (χ3n) is 6.95. The summed E-state index contributed by atoms with van der Waals surface area (Å²) < 4.78 is 40.5. The molecule has 0 saturated carbocycles. The normalized spacial score (nSPS) is 20.7. The fraction of sp³-hybridized carbons (Fsp3) is 0.462. The maximum Gasteiger partial charge on any atom is 0.256 e. The lowest BCUT2D eigenvalue weighted by molar-refractivity contribution is -0.135. The number of carbonyl (C=O) groups is 2. The molecule has 2 aromatic carbocycles. The average Bonchev–Trinajstić information content (AvgIpc) is 3.32. The van der Waals surface area contributed by atoms with Crippen molar-refractivity contribution < 1.29 is 22.8 Å². The molecule has 35 heavy (non-hydrogen) atoms. The zero-order valence-corrected chi connectivity index (χ0v) is 19.8. The highest BCUT2D eigenvalue weighted by atomic mass is 19.1. The Morgan fingerprint density at radius 3 is 2.49 bits per heavy atom. The molecule has 188 valence electrons. The number of piperidine rings is 1. The Bertz CT molecular complexity index is 1060. The fourth-order valence-electron chi connectivity index (χ4n) is 4.91. The molecule has 2 unspecified atom stereocenters. The molecule has 0 radical (unpaired) electrons. The van der Waals surface area contributed by atoms with Gasteiger partial charge in [0.1, 0.15) is 17.5 Å². The Morgan fingerprint density at radius 1 is 1.03 bits per heavy atom. The molecule has 2 fully saturated rings. The summed E-state index contributed by atoms with van der Waals surface area (Å²) in [6, 6.07) is 9.84. The van der Waals surface area contributed by atoms with E-state index in [1.54, 1.807) is 24.1 Å². The number of hydrogen-bond acceptors (Lipinski definition) is 4. The van der Waals surface area contributed by atoms with Crippen molar-refractivity contribution in [1.29, 1.82) is 0 Å². The summed E-state index contributed by atoms with van der Waals surface area (Å²) in [5, 5.41) is 0. The molecule has 2 amide bonds. The lowest BCUT2D eigenvalue weighted by Crippen LogP contribution is -2.44. The predicted octanol–water partition coefficient (Wildman–Crippen LogP) is 3.80. The summed E-state index contributed by atoms with van der Waals surface area (Å²) >= 11 is 0. The van der Waals surface area contributed by atoms with Gasteiger partial charge in [-0.2, -0.15) is 0 Å². The molecule has 0 bridgehead atoms. The van der Waals surface area contributed by atoms with E-state index in [1.807, 2.05) is 6.07 Å². The summed E-state index contributed by atoms with van der Waals surface area (Å²) in [5.41, 5.74) is 7.25. The Balaban J connectivity index is 1.18. The lowest BCUT2D eigenvalue weighted by atomic mass is 9.94. The van der Waals surface area contributed by atoms with Crippen molar-refractivity contribution in [2.75, 3.05) is 26.7 Å². The van der Waals surface area contributed by atoms with Gasteiger partial charge in [-0.25, -0.2) is 13.2 Å². The maximum atomic E-state index is 13.9. The van der Waals surface area contributed by atoms with Crippen LogP contribution in [0, 0.1) is 23.4 Å². The summed E-state index contributed by atoms with van der Waals surface area (Å²) in [6.45, 7) is 1.35. The highest BCUT2D eigenvalue weighted by Crippen LogP contribution is 2.25. The topological polar surface area (TPSA) is 64.7 Å². The smallest absolute Gasteiger partial charge is 0.256 e. The summed E-state index contributed by atoms with van der Waals surface area (Å²) in [4.78, 5) is 28.7. The molecule has 4 rings (SSSR count). The molecular formula is C26H31F3N4O2. The molecule has 0 spiro atoms. The number of halogens is 3. The Labute approximate surface area is 203 Å². The minimum atomic E-state index is -0.873. The van der Waals surface area contributed by atoms with Gasteiger partial charge in [-0.3, -0.25) is 20.4 Å². The van der Waals surface area contributed by atoms with E-state index in [4.69, 9.17) is 0 Å². The number of likely N-dealkylation sites (tertiary alicyclic amines) is 1. The molecule has 0 aliphatic carbocycles. The molecule has 9 heteroatoms. The van der Waals surface area contributed by atoms with E-state index in [1.165, 1.54) is 11.0 Å². The fourth-order valence-corrected chi connectivity index (χ4v) is 4.91. The molecule has 2 aliphatic heterocycles. The summed E-state index contributed by atoms with van der Waals surface area (Å²) in [7, 11) is 1.80. The van der Waals surface area contributed by atoms with Crippen molar-refractivity contribution in [3.63, 3.8) is 0 Å². The van der Waals surface area contributed by atoms with E-state index in [0.717, 1.165) is 37.0 Å². The van der Waals surface area contributed by atoms with Crippen LogP contribution >= 0.6 is 0 Å². The molecule has 2 aromatic rings. The van der Waals surface area contributed by atoms with Gasteiger partial charge >= 0.3 is 0 Å². The first-order valence-corrected chi connectivity index (χ1v) is 12.1. The molecule has 2 aliphatic rings. The summed E-state index contributed by atoms with van der Waals surface area (Å²) in [5.74, 6) is -2.44. The van der Waals surface area contributed by atoms with Crippen LogP contribution in [0.4, 0.5) is 13.2 Å². The van der Waals surface area contributed by atoms with Gasteiger partial charge in [0, 0.05) is 50.7 Å². The van der Waals surface area contributed by atoms with Crippen LogP contribution in [0.5, 0.6) is 0 Å². The van der Waals surface area contributed by atoms with Gasteiger partial charge < -0.3 is 9.80 Å². The van der Waals surface area contributed by atoms with Crippen molar-refractivity contribution in [3.05, 3.63) is 71.0 Å². The van der Waals surface area contributed by atoms with Crippen LogP contribution in [0.25, 0.3) is 0 Å². The van der Waals surface area contributed by atoms with E-state index >= 15 is 0 Å². The standard InChI is InChI=1S/C26H31F3N4O2/c1-32(11-3-6-21-16-24(31-30-21)18-4-2-5-19(27)14-18)25(34)17-9-12-33(13-10-17)26(35)22-8-7-20(28)15-23(22)29/h2,4-5,7-8,14-15,17,21,24,30-31H,3,6,9-13,16H2,1H3. The van der Waals surface area contributed by atoms with Crippen LogP contribution in [0.1, 0.15) is 54.1 Å². The summed E-state index contributed by atoms with van der Waals surface area (Å²) in [6.07, 6.45) is 3.59. The van der Waals surface area contributed by atoms with Gasteiger partial charge in [-0.05, 0) is 61.9 Å². The number of hydrazine groups is 1. The van der Waals surface area contributed by atoms with Gasteiger partial charge in [0.15, 0.2) is 0 Å². The highest BCUT2D eigenvalue weighted by Gasteiger charge is 2.31. The quantitative estimate of drug-likeness (QED) is 0.622. The molecule has 2 heterocycles.